The molecule has 28 heavy (non-hydrogen) atoms. The molecule has 1 amide bonds. The van der Waals surface area contributed by atoms with Crippen LogP contribution in [0.3, 0.4) is 0 Å². The lowest BCUT2D eigenvalue weighted by atomic mass is 10.1. The van der Waals surface area contributed by atoms with Crippen molar-refractivity contribution in [1.82, 2.24) is 10.2 Å². The SMILES string of the molecule is CC(OCC1CCCCO1)C(=O)NCCCN1CCN(c2ccccc2)CC1. The Morgan fingerprint density at radius 1 is 1.21 bits per heavy atom. The zero-order valence-electron chi connectivity index (χ0n) is 17.1. The molecule has 0 spiro atoms. The van der Waals surface area contributed by atoms with Crippen LogP contribution in [0.1, 0.15) is 32.6 Å². The van der Waals surface area contributed by atoms with Crippen molar-refractivity contribution in [3.05, 3.63) is 30.3 Å². The molecule has 156 valence electrons. The number of carbonyl (C=O) groups excluding carboxylic acids is 1. The van der Waals surface area contributed by atoms with Gasteiger partial charge in [-0.15, -0.1) is 0 Å². The van der Waals surface area contributed by atoms with Gasteiger partial charge in [0.25, 0.3) is 0 Å². The number of anilines is 1. The Bertz CT molecular complexity index is 570. The minimum absolute atomic E-state index is 0.0234. The Morgan fingerprint density at radius 2 is 2.00 bits per heavy atom. The summed E-state index contributed by atoms with van der Waals surface area (Å²) in [6.07, 6.45) is 4.06. The lowest BCUT2D eigenvalue weighted by Crippen LogP contribution is -2.47. The number of nitrogens with one attached hydrogen (secondary N) is 1. The fraction of sp³-hybridized carbons (Fsp3) is 0.682. The average Bonchev–Trinajstić information content (AvgIpc) is 2.76. The highest BCUT2D eigenvalue weighted by atomic mass is 16.5. The number of para-hydroxylation sites is 1. The maximum atomic E-state index is 12.2. The minimum atomic E-state index is -0.417. The summed E-state index contributed by atoms with van der Waals surface area (Å²) in [7, 11) is 0. The third-order valence-electron chi connectivity index (χ3n) is 5.62. The van der Waals surface area contributed by atoms with E-state index in [1.165, 1.54) is 12.1 Å². The summed E-state index contributed by atoms with van der Waals surface area (Å²) in [5, 5.41) is 3.00. The van der Waals surface area contributed by atoms with Crippen molar-refractivity contribution < 1.29 is 14.3 Å². The Hall–Kier alpha value is -1.63. The Morgan fingerprint density at radius 3 is 2.71 bits per heavy atom. The Labute approximate surface area is 169 Å². The van der Waals surface area contributed by atoms with Crippen molar-refractivity contribution in [3.8, 4) is 0 Å². The maximum Gasteiger partial charge on any atom is 0.248 e. The van der Waals surface area contributed by atoms with Gasteiger partial charge < -0.3 is 19.7 Å². The quantitative estimate of drug-likeness (QED) is 0.657. The van der Waals surface area contributed by atoms with Crippen LogP contribution in [0.2, 0.25) is 0 Å². The highest BCUT2D eigenvalue weighted by molar-refractivity contribution is 5.80. The van der Waals surface area contributed by atoms with Crippen molar-refractivity contribution in [1.29, 1.82) is 0 Å². The van der Waals surface area contributed by atoms with Crippen LogP contribution in [0.15, 0.2) is 30.3 Å². The van der Waals surface area contributed by atoms with Gasteiger partial charge in [0, 0.05) is 45.0 Å². The van der Waals surface area contributed by atoms with E-state index in [1.807, 2.05) is 6.92 Å². The van der Waals surface area contributed by atoms with E-state index >= 15 is 0 Å². The zero-order chi connectivity index (χ0) is 19.6. The molecule has 2 heterocycles. The molecular weight excluding hydrogens is 354 g/mol. The molecule has 0 saturated carbocycles. The molecule has 0 aromatic heterocycles. The second-order valence-electron chi connectivity index (χ2n) is 7.77. The predicted octanol–water partition coefficient (Wildman–Crippen LogP) is 2.29. The molecule has 6 heteroatoms. The molecule has 1 N–H and O–H groups in total. The number of piperazine rings is 1. The van der Waals surface area contributed by atoms with Crippen LogP contribution in [0.5, 0.6) is 0 Å². The monoisotopic (exact) mass is 389 g/mol. The predicted molar refractivity (Wildman–Crippen MR) is 112 cm³/mol. The molecule has 0 bridgehead atoms. The van der Waals surface area contributed by atoms with E-state index in [4.69, 9.17) is 9.47 Å². The summed E-state index contributed by atoms with van der Waals surface area (Å²) >= 11 is 0. The molecule has 2 aliphatic heterocycles. The van der Waals surface area contributed by atoms with Crippen molar-refractivity contribution in [3.63, 3.8) is 0 Å². The zero-order valence-corrected chi connectivity index (χ0v) is 17.1. The number of benzene rings is 1. The first-order chi connectivity index (χ1) is 13.7. The standard InChI is InChI=1S/C22H35N3O3/c1-19(28-18-21-10-5-6-17-27-21)22(26)23-11-7-12-24-13-15-25(16-14-24)20-8-3-2-4-9-20/h2-4,8-9,19,21H,5-7,10-18H2,1H3,(H,23,26). The van der Waals surface area contributed by atoms with Gasteiger partial charge >= 0.3 is 0 Å². The number of amides is 1. The fourth-order valence-corrected chi connectivity index (χ4v) is 3.79. The van der Waals surface area contributed by atoms with Gasteiger partial charge in [-0.3, -0.25) is 9.69 Å². The van der Waals surface area contributed by atoms with Gasteiger partial charge in [0.2, 0.25) is 5.91 Å². The summed E-state index contributed by atoms with van der Waals surface area (Å²) in [6, 6.07) is 10.6. The third kappa shape index (κ3) is 6.76. The first kappa shape index (κ1) is 21.1. The normalized spacial score (nSPS) is 22.0. The van der Waals surface area contributed by atoms with Crippen LogP contribution in [-0.2, 0) is 14.3 Å². The van der Waals surface area contributed by atoms with Crippen molar-refractivity contribution >= 4 is 11.6 Å². The highest BCUT2D eigenvalue weighted by Crippen LogP contribution is 2.15. The molecule has 2 unspecified atom stereocenters. The van der Waals surface area contributed by atoms with Crippen molar-refractivity contribution in [2.45, 2.75) is 44.8 Å². The molecule has 3 rings (SSSR count). The van der Waals surface area contributed by atoms with E-state index in [9.17, 15) is 4.79 Å². The summed E-state index contributed by atoms with van der Waals surface area (Å²) in [5.74, 6) is -0.0234. The first-order valence-electron chi connectivity index (χ1n) is 10.8. The van der Waals surface area contributed by atoms with Gasteiger partial charge in [-0.1, -0.05) is 18.2 Å². The molecule has 6 nitrogen and oxygen atoms in total. The number of carbonyl (C=O) groups is 1. The van der Waals surface area contributed by atoms with E-state index in [2.05, 4.69) is 45.4 Å². The third-order valence-corrected chi connectivity index (χ3v) is 5.62. The largest absolute Gasteiger partial charge is 0.376 e. The molecule has 0 aliphatic carbocycles. The van der Waals surface area contributed by atoms with Crippen LogP contribution in [-0.4, -0.2) is 75.5 Å². The lowest BCUT2D eigenvalue weighted by molar-refractivity contribution is -0.135. The summed E-state index contributed by atoms with van der Waals surface area (Å²) in [6.45, 7) is 9.14. The number of ether oxygens (including phenoxy) is 2. The molecule has 0 radical (unpaired) electrons. The highest BCUT2D eigenvalue weighted by Gasteiger charge is 2.19. The number of hydrogen-bond donors (Lipinski definition) is 1. The first-order valence-corrected chi connectivity index (χ1v) is 10.8. The number of nitrogens with zero attached hydrogens (tertiary/aromatic N) is 2. The van der Waals surface area contributed by atoms with E-state index < -0.39 is 6.10 Å². The second-order valence-corrected chi connectivity index (χ2v) is 7.77. The smallest absolute Gasteiger partial charge is 0.248 e. The van der Waals surface area contributed by atoms with Gasteiger partial charge in [-0.05, 0) is 51.3 Å². The molecule has 1 aromatic rings. The van der Waals surface area contributed by atoms with Crippen LogP contribution < -0.4 is 10.2 Å². The van der Waals surface area contributed by atoms with Crippen LogP contribution in [0.4, 0.5) is 5.69 Å². The van der Waals surface area contributed by atoms with Crippen LogP contribution >= 0.6 is 0 Å². The van der Waals surface area contributed by atoms with E-state index in [1.54, 1.807) is 0 Å². The average molecular weight is 390 g/mol. The van der Waals surface area contributed by atoms with Gasteiger partial charge in [-0.2, -0.15) is 0 Å². The second kappa shape index (κ2) is 11.4. The van der Waals surface area contributed by atoms with E-state index in [0.717, 1.165) is 58.6 Å². The van der Waals surface area contributed by atoms with Gasteiger partial charge in [-0.25, -0.2) is 0 Å². The lowest BCUT2D eigenvalue weighted by Gasteiger charge is -2.36. The van der Waals surface area contributed by atoms with Gasteiger partial charge in [0.05, 0.1) is 12.7 Å². The Kier molecular flexibility index (Phi) is 8.58. The molecule has 2 saturated heterocycles. The molecular formula is C22H35N3O3. The molecule has 1 aromatic carbocycles. The topological polar surface area (TPSA) is 54.0 Å². The van der Waals surface area contributed by atoms with Crippen LogP contribution in [0.25, 0.3) is 0 Å². The van der Waals surface area contributed by atoms with Gasteiger partial charge in [0.15, 0.2) is 0 Å². The van der Waals surface area contributed by atoms with Crippen molar-refractivity contribution in [2.75, 3.05) is 57.4 Å². The molecule has 2 fully saturated rings. The summed E-state index contributed by atoms with van der Waals surface area (Å²) < 4.78 is 11.3. The Balaban J connectivity index is 1.24. The molecule has 2 atom stereocenters. The maximum absolute atomic E-state index is 12.2. The fourth-order valence-electron chi connectivity index (χ4n) is 3.79. The van der Waals surface area contributed by atoms with E-state index in [-0.39, 0.29) is 12.0 Å². The number of rotatable bonds is 9. The summed E-state index contributed by atoms with van der Waals surface area (Å²) in [4.78, 5) is 17.1. The molecule has 2 aliphatic rings. The van der Waals surface area contributed by atoms with Gasteiger partial charge in [0.1, 0.15) is 6.10 Å². The summed E-state index contributed by atoms with van der Waals surface area (Å²) in [5.41, 5.74) is 1.31. The van der Waals surface area contributed by atoms with Crippen molar-refractivity contribution in [2.24, 2.45) is 0 Å². The number of hydrogen-bond acceptors (Lipinski definition) is 5. The minimum Gasteiger partial charge on any atom is -0.376 e. The van der Waals surface area contributed by atoms with Crippen LogP contribution in [0, 0.1) is 0 Å². The van der Waals surface area contributed by atoms with E-state index in [0.29, 0.717) is 13.2 Å².